The Hall–Kier alpha value is -2.33. The van der Waals surface area contributed by atoms with E-state index in [9.17, 15) is 4.79 Å². The molecule has 1 aliphatic rings. The highest BCUT2D eigenvalue weighted by Crippen LogP contribution is 2.19. The van der Waals surface area contributed by atoms with Gasteiger partial charge in [0.1, 0.15) is 0 Å². The molecule has 0 unspecified atom stereocenters. The molecule has 4 heteroatoms. The maximum Gasteiger partial charge on any atom is 0.323 e. The maximum atomic E-state index is 12.1. The van der Waals surface area contributed by atoms with Gasteiger partial charge in [-0.3, -0.25) is 0 Å². The number of aryl methyl sites for hydroxylation is 2. The summed E-state index contributed by atoms with van der Waals surface area (Å²) in [6.07, 6.45) is 1.00. The summed E-state index contributed by atoms with van der Waals surface area (Å²) in [5.41, 5.74) is 6.65. The van der Waals surface area contributed by atoms with Crippen LogP contribution < -0.4 is 16.0 Å². The van der Waals surface area contributed by atoms with Gasteiger partial charge in [-0.2, -0.15) is 0 Å². The molecule has 0 atom stereocenters. The number of rotatable bonds is 2. The third-order valence-corrected chi connectivity index (χ3v) is 4.12. The van der Waals surface area contributed by atoms with E-state index in [1.165, 1.54) is 22.3 Å². The second kappa shape index (κ2) is 6.20. The van der Waals surface area contributed by atoms with Crippen molar-refractivity contribution < 1.29 is 4.79 Å². The molecular weight excluding hydrogens is 274 g/mol. The van der Waals surface area contributed by atoms with E-state index in [0.29, 0.717) is 0 Å². The molecule has 0 fully saturated rings. The Balaban J connectivity index is 1.67. The van der Waals surface area contributed by atoms with E-state index < -0.39 is 0 Å². The minimum atomic E-state index is -0.211. The van der Waals surface area contributed by atoms with Gasteiger partial charge in [-0.15, -0.1) is 0 Å². The fraction of sp³-hybridized carbons (Fsp3) is 0.278. The number of fused-ring (bicyclic) bond motifs is 1. The highest BCUT2D eigenvalue weighted by Gasteiger charge is 2.10. The molecule has 0 saturated carbocycles. The number of amides is 2. The van der Waals surface area contributed by atoms with Crippen LogP contribution in [0.2, 0.25) is 0 Å². The van der Waals surface area contributed by atoms with E-state index in [1.54, 1.807) is 0 Å². The molecule has 1 aliphatic heterocycles. The Morgan fingerprint density at radius 2 is 1.68 bits per heavy atom. The summed E-state index contributed by atoms with van der Waals surface area (Å²) in [6, 6.07) is 11.8. The number of hydrogen-bond acceptors (Lipinski definition) is 2. The quantitative estimate of drug-likeness (QED) is 0.793. The number of carbonyl (C=O) groups excluding carboxylic acids is 1. The fourth-order valence-corrected chi connectivity index (χ4v) is 2.67. The van der Waals surface area contributed by atoms with Crippen LogP contribution in [-0.4, -0.2) is 12.6 Å². The summed E-state index contributed by atoms with van der Waals surface area (Å²) in [5.74, 6) is 0. The van der Waals surface area contributed by atoms with Crippen molar-refractivity contribution in [2.45, 2.75) is 26.8 Å². The topological polar surface area (TPSA) is 53.2 Å². The molecule has 2 amide bonds. The molecule has 0 saturated heterocycles. The predicted octanol–water partition coefficient (Wildman–Crippen LogP) is 3.59. The molecule has 2 aromatic carbocycles. The smallest absolute Gasteiger partial charge is 0.312 e. The molecule has 3 rings (SSSR count). The third-order valence-electron chi connectivity index (χ3n) is 4.12. The second-order valence-corrected chi connectivity index (χ2v) is 5.79. The van der Waals surface area contributed by atoms with Gasteiger partial charge in [0.05, 0.1) is 0 Å². The normalized spacial score (nSPS) is 13.4. The van der Waals surface area contributed by atoms with Crippen molar-refractivity contribution in [2.24, 2.45) is 0 Å². The molecule has 1 heterocycles. The van der Waals surface area contributed by atoms with Gasteiger partial charge in [0, 0.05) is 17.9 Å². The predicted molar refractivity (Wildman–Crippen MR) is 90.4 cm³/mol. The Kier molecular flexibility index (Phi) is 4.11. The fourth-order valence-electron chi connectivity index (χ4n) is 2.67. The number of urea groups is 1. The van der Waals surface area contributed by atoms with Crippen LogP contribution >= 0.6 is 0 Å². The van der Waals surface area contributed by atoms with Crippen LogP contribution in [0.3, 0.4) is 0 Å². The van der Waals surface area contributed by atoms with Gasteiger partial charge in [0.15, 0.2) is 0 Å². The molecule has 0 bridgehead atoms. The third kappa shape index (κ3) is 3.28. The first-order chi connectivity index (χ1) is 10.6. The van der Waals surface area contributed by atoms with Gasteiger partial charge in [-0.05, 0) is 73.3 Å². The van der Waals surface area contributed by atoms with Gasteiger partial charge in [-0.25, -0.2) is 4.79 Å². The SMILES string of the molecule is Cc1ccc(NC(=O)Nc2ccc3c(c2)CCNC3)cc1C. The Morgan fingerprint density at radius 1 is 0.955 bits per heavy atom. The lowest BCUT2D eigenvalue weighted by Gasteiger charge is -2.18. The van der Waals surface area contributed by atoms with E-state index in [2.05, 4.69) is 35.0 Å². The number of hydrogen-bond donors (Lipinski definition) is 3. The summed E-state index contributed by atoms with van der Waals surface area (Å²) in [4.78, 5) is 12.1. The summed E-state index contributed by atoms with van der Waals surface area (Å²) in [6.45, 7) is 5.99. The first-order valence-corrected chi connectivity index (χ1v) is 7.59. The average Bonchev–Trinajstić information content (AvgIpc) is 2.51. The van der Waals surface area contributed by atoms with Crippen LogP contribution in [0.1, 0.15) is 22.3 Å². The zero-order chi connectivity index (χ0) is 15.5. The largest absolute Gasteiger partial charge is 0.323 e. The number of benzene rings is 2. The minimum Gasteiger partial charge on any atom is -0.312 e. The monoisotopic (exact) mass is 295 g/mol. The van der Waals surface area contributed by atoms with Crippen molar-refractivity contribution in [3.05, 3.63) is 58.7 Å². The summed E-state index contributed by atoms with van der Waals surface area (Å²) in [7, 11) is 0. The van der Waals surface area contributed by atoms with E-state index in [1.807, 2.05) is 31.2 Å². The average molecular weight is 295 g/mol. The van der Waals surface area contributed by atoms with Crippen LogP contribution in [0.5, 0.6) is 0 Å². The van der Waals surface area contributed by atoms with Crippen molar-refractivity contribution in [1.29, 1.82) is 0 Å². The molecule has 22 heavy (non-hydrogen) atoms. The van der Waals surface area contributed by atoms with Gasteiger partial charge in [-0.1, -0.05) is 12.1 Å². The molecule has 4 nitrogen and oxygen atoms in total. The van der Waals surface area contributed by atoms with Gasteiger partial charge < -0.3 is 16.0 Å². The number of nitrogens with one attached hydrogen (secondary N) is 3. The van der Waals surface area contributed by atoms with Gasteiger partial charge >= 0.3 is 6.03 Å². The molecule has 0 spiro atoms. The minimum absolute atomic E-state index is 0.211. The zero-order valence-corrected chi connectivity index (χ0v) is 13.0. The van der Waals surface area contributed by atoms with E-state index in [4.69, 9.17) is 0 Å². The summed E-state index contributed by atoms with van der Waals surface area (Å²) < 4.78 is 0. The van der Waals surface area contributed by atoms with E-state index in [0.717, 1.165) is 30.9 Å². The Labute approximate surface area is 130 Å². The van der Waals surface area contributed by atoms with Crippen LogP contribution in [0.25, 0.3) is 0 Å². The van der Waals surface area contributed by atoms with Crippen molar-refractivity contribution in [3.63, 3.8) is 0 Å². The molecular formula is C18H21N3O. The van der Waals surface area contributed by atoms with E-state index >= 15 is 0 Å². The highest BCUT2D eigenvalue weighted by molar-refractivity contribution is 5.99. The molecule has 0 radical (unpaired) electrons. The first kappa shape index (κ1) is 14.6. The van der Waals surface area contributed by atoms with Crippen LogP contribution in [0, 0.1) is 13.8 Å². The van der Waals surface area contributed by atoms with Crippen molar-refractivity contribution in [2.75, 3.05) is 17.2 Å². The van der Waals surface area contributed by atoms with E-state index in [-0.39, 0.29) is 6.03 Å². The van der Waals surface area contributed by atoms with Crippen LogP contribution in [0.4, 0.5) is 16.2 Å². The number of carbonyl (C=O) groups is 1. The Bertz CT molecular complexity index is 709. The molecule has 3 N–H and O–H groups in total. The maximum absolute atomic E-state index is 12.1. The summed E-state index contributed by atoms with van der Waals surface area (Å²) in [5, 5.41) is 9.12. The van der Waals surface area contributed by atoms with Crippen molar-refractivity contribution in [1.82, 2.24) is 5.32 Å². The zero-order valence-electron chi connectivity index (χ0n) is 13.0. The van der Waals surface area contributed by atoms with Crippen molar-refractivity contribution >= 4 is 17.4 Å². The van der Waals surface area contributed by atoms with Crippen LogP contribution in [0.15, 0.2) is 36.4 Å². The van der Waals surface area contributed by atoms with Crippen molar-refractivity contribution in [3.8, 4) is 0 Å². The molecule has 0 aromatic heterocycles. The van der Waals surface area contributed by atoms with Gasteiger partial charge in [0.2, 0.25) is 0 Å². The summed E-state index contributed by atoms with van der Waals surface area (Å²) >= 11 is 0. The Morgan fingerprint density at radius 3 is 2.45 bits per heavy atom. The highest BCUT2D eigenvalue weighted by atomic mass is 16.2. The first-order valence-electron chi connectivity index (χ1n) is 7.59. The lowest BCUT2D eigenvalue weighted by atomic mass is 10.0. The number of anilines is 2. The van der Waals surface area contributed by atoms with Crippen LogP contribution in [-0.2, 0) is 13.0 Å². The molecule has 0 aliphatic carbocycles. The second-order valence-electron chi connectivity index (χ2n) is 5.79. The standard InChI is InChI=1S/C18H21N3O/c1-12-3-5-16(9-13(12)2)20-18(22)21-17-6-4-15-11-19-8-7-14(15)10-17/h3-6,9-10,19H,7-8,11H2,1-2H3,(H2,20,21,22). The lowest BCUT2D eigenvalue weighted by molar-refractivity contribution is 0.262. The molecule has 2 aromatic rings. The lowest BCUT2D eigenvalue weighted by Crippen LogP contribution is -2.24. The van der Waals surface area contributed by atoms with Gasteiger partial charge in [0.25, 0.3) is 0 Å². The molecule has 114 valence electrons.